The first-order valence-electron chi connectivity index (χ1n) is 4.48. The molecule has 1 aromatic heterocycles. The van der Waals surface area contributed by atoms with Gasteiger partial charge in [0, 0.05) is 12.6 Å². The summed E-state index contributed by atoms with van der Waals surface area (Å²) in [5, 5.41) is 0. The van der Waals surface area contributed by atoms with Gasteiger partial charge in [-0.3, -0.25) is 19.1 Å². The predicted molar refractivity (Wildman–Crippen MR) is 51.6 cm³/mol. The molecular formula is C9H12N2O3. The predicted octanol–water partition coefficient (Wildman–Crippen LogP) is 0.149. The minimum absolute atomic E-state index is 0.132. The highest BCUT2D eigenvalue weighted by Gasteiger charge is 2.03. The Hall–Kier alpha value is -1.65. The molecule has 1 heterocycles. The number of aromatic nitrogens is 2. The van der Waals surface area contributed by atoms with E-state index in [2.05, 4.69) is 4.98 Å². The van der Waals surface area contributed by atoms with Gasteiger partial charge in [0.1, 0.15) is 0 Å². The molecule has 0 aliphatic rings. The first kappa shape index (κ1) is 10.4. The van der Waals surface area contributed by atoms with Crippen LogP contribution in [0.1, 0.15) is 30.3 Å². The number of aldehydes is 1. The third-order valence-corrected chi connectivity index (χ3v) is 1.92. The molecule has 14 heavy (non-hydrogen) atoms. The summed E-state index contributed by atoms with van der Waals surface area (Å²) >= 11 is 0. The molecule has 0 spiro atoms. The van der Waals surface area contributed by atoms with Crippen LogP contribution in [-0.4, -0.2) is 15.8 Å². The summed E-state index contributed by atoms with van der Waals surface area (Å²) in [6.45, 7) is 2.44. The van der Waals surface area contributed by atoms with E-state index in [1.165, 1.54) is 4.57 Å². The molecule has 76 valence electrons. The molecule has 0 aliphatic carbocycles. The Balaban J connectivity index is 3.18. The molecule has 0 radical (unpaired) electrons. The first-order valence-corrected chi connectivity index (χ1v) is 4.48. The van der Waals surface area contributed by atoms with Crippen molar-refractivity contribution in [3.05, 3.63) is 32.6 Å². The van der Waals surface area contributed by atoms with Crippen LogP contribution in [0.15, 0.2) is 15.7 Å². The Morgan fingerprint density at radius 3 is 2.79 bits per heavy atom. The fraction of sp³-hybridized carbons (Fsp3) is 0.444. The molecular weight excluding hydrogens is 184 g/mol. The number of nitrogens with zero attached hydrogens (tertiary/aromatic N) is 1. The molecule has 0 amide bonds. The van der Waals surface area contributed by atoms with Gasteiger partial charge < -0.3 is 0 Å². The number of carbonyl (C=O) groups is 1. The summed E-state index contributed by atoms with van der Waals surface area (Å²) < 4.78 is 1.28. The van der Waals surface area contributed by atoms with Crippen molar-refractivity contribution in [2.75, 3.05) is 0 Å². The number of rotatable bonds is 4. The van der Waals surface area contributed by atoms with Crippen molar-refractivity contribution in [2.45, 2.75) is 26.3 Å². The van der Waals surface area contributed by atoms with Gasteiger partial charge in [-0.2, -0.15) is 0 Å². The van der Waals surface area contributed by atoms with Crippen LogP contribution < -0.4 is 11.2 Å². The highest BCUT2D eigenvalue weighted by atomic mass is 16.2. The molecule has 0 unspecified atom stereocenters. The number of unbranched alkanes of at least 4 members (excludes halogenated alkanes) is 1. The normalized spacial score (nSPS) is 10.1. The van der Waals surface area contributed by atoms with Crippen LogP contribution in [0, 0.1) is 0 Å². The van der Waals surface area contributed by atoms with Gasteiger partial charge in [0.25, 0.3) is 5.56 Å². The summed E-state index contributed by atoms with van der Waals surface area (Å²) in [7, 11) is 0. The van der Waals surface area contributed by atoms with Crippen molar-refractivity contribution in [3.8, 4) is 0 Å². The molecule has 0 aromatic carbocycles. The van der Waals surface area contributed by atoms with E-state index < -0.39 is 11.2 Å². The molecule has 1 aromatic rings. The van der Waals surface area contributed by atoms with E-state index in [1.54, 1.807) is 0 Å². The Kier molecular flexibility index (Phi) is 3.39. The van der Waals surface area contributed by atoms with Gasteiger partial charge in [-0.25, -0.2) is 4.79 Å². The summed E-state index contributed by atoms with van der Waals surface area (Å²) in [5.74, 6) is 0. The molecule has 0 bridgehead atoms. The minimum Gasteiger partial charge on any atom is -0.296 e. The number of H-pyrrole nitrogens is 1. The van der Waals surface area contributed by atoms with Crippen molar-refractivity contribution < 1.29 is 4.79 Å². The fourth-order valence-corrected chi connectivity index (χ4v) is 1.18. The SMILES string of the molecule is CCCCn1c(C=O)cc(=O)[nH]c1=O. The van der Waals surface area contributed by atoms with Gasteiger partial charge in [0.05, 0.1) is 5.69 Å². The molecule has 0 saturated carbocycles. The van der Waals surface area contributed by atoms with E-state index >= 15 is 0 Å². The van der Waals surface area contributed by atoms with E-state index in [9.17, 15) is 14.4 Å². The number of nitrogens with one attached hydrogen (secondary N) is 1. The van der Waals surface area contributed by atoms with E-state index in [-0.39, 0.29) is 5.69 Å². The average molecular weight is 196 g/mol. The Morgan fingerprint density at radius 1 is 1.50 bits per heavy atom. The minimum atomic E-state index is -0.537. The van der Waals surface area contributed by atoms with Gasteiger partial charge in [-0.15, -0.1) is 0 Å². The standard InChI is InChI=1S/C9H12N2O3/c1-2-3-4-11-7(6-12)5-8(13)10-9(11)14/h5-6H,2-4H2,1H3,(H,10,13,14). The lowest BCUT2D eigenvalue weighted by molar-refractivity contribution is 0.111. The van der Waals surface area contributed by atoms with Crippen LogP contribution >= 0.6 is 0 Å². The Bertz CT molecular complexity index is 430. The smallest absolute Gasteiger partial charge is 0.296 e. The highest BCUT2D eigenvalue weighted by Crippen LogP contribution is 1.93. The van der Waals surface area contributed by atoms with Crippen LogP contribution in [0.3, 0.4) is 0 Å². The molecule has 0 fully saturated rings. The zero-order chi connectivity index (χ0) is 10.6. The Morgan fingerprint density at radius 2 is 2.21 bits per heavy atom. The Labute approximate surface area is 80.4 Å². The van der Waals surface area contributed by atoms with Crippen molar-refractivity contribution in [3.63, 3.8) is 0 Å². The third kappa shape index (κ3) is 2.18. The lowest BCUT2D eigenvalue weighted by Gasteiger charge is -2.05. The molecule has 1 N–H and O–H groups in total. The summed E-state index contributed by atoms with van der Waals surface area (Å²) in [6.07, 6.45) is 2.24. The van der Waals surface area contributed by atoms with Gasteiger partial charge >= 0.3 is 5.69 Å². The molecule has 5 heteroatoms. The second kappa shape index (κ2) is 4.55. The average Bonchev–Trinajstić information content (AvgIpc) is 2.15. The van der Waals surface area contributed by atoms with Crippen LogP contribution in [0.5, 0.6) is 0 Å². The quantitative estimate of drug-likeness (QED) is 0.696. The second-order valence-electron chi connectivity index (χ2n) is 2.99. The van der Waals surface area contributed by atoms with Crippen LogP contribution in [-0.2, 0) is 6.54 Å². The summed E-state index contributed by atoms with van der Waals surface area (Å²) in [5.41, 5.74) is -0.926. The monoisotopic (exact) mass is 196 g/mol. The lowest BCUT2D eigenvalue weighted by atomic mass is 10.3. The van der Waals surface area contributed by atoms with Gasteiger partial charge in [-0.05, 0) is 6.42 Å². The maximum Gasteiger partial charge on any atom is 0.328 e. The van der Waals surface area contributed by atoms with Crippen molar-refractivity contribution in [1.82, 2.24) is 9.55 Å². The number of carbonyl (C=O) groups excluding carboxylic acids is 1. The summed E-state index contributed by atoms with van der Waals surface area (Å²) in [6, 6.07) is 1.13. The van der Waals surface area contributed by atoms with Gasteiger partial charge in [0.15, 0.2) is 6.29 Å². The fourth-order valence-electron chi connectivity index (χ4n) is 1.18. The molecule has 0 saturated heterocycles. The maximum atomic E-state index is 11.3. The van der Waals surface area contributed by atoms with Crippen LogP contribution in [0.2, 0.25) is 0 Å². The van der Waals surface area contributed by atoms with E-state index in [4.69, 9.17) is 0 Å². The van der Waals surface area contributed by atoms with E-state index in [1.807, 2.05) is 6.92 Å². The number of hydrogen-bond donors (Lipinski definition) is 1. The maximum absolute atomic E-state index is 11.3. The number of hydrogen-bond acceptors (Lipinski definition) is 3. The number of aromatic amines is 1. The third-order valence-electron chi connectivity index (χ3n) is 1.92. The largest absolute Gasteiger partial charge is 0.328 e. The van der Waals surface area contributed by atoms with Crippen LogP contribution in [0.25, 0.3) is 0 Å². The van der Waals surface area contributed by atoms with E-state index in [0.29, 0.717) is 12.8 Å². The lowest BCUT2D eigenvalue weighted by Crippen LogP contribution is -2.32. The summed E-state index contributed by atoms with van der Waals surface area (Å²) in [4.78, 5) is 34.8. The van der Waals surface area contributed by atoms with Gasteiger partial charge in [-0.1, -0.05) is 13.3 Å². The second-order valence-corrected chi connectivity index (χ2v) is 2.99. The molecule has 5 nitrogen and oxygen atoms in total. The highest BCUT2D eigenvalue weighted by molar-refractivity contribution is 5.71. The van der Waals surface area contributed by atoms with Crippen molar-refractivity contribution in [2.24, 2.45) is 0 Å². The topological polar surface area (TPSA) is 71.9 Å². The van der Waals surface area contributed by atoms with E-state index in [0.717, 1.165) is 18.9 Å². The van der Waals surface area contributed by atoms with Gasteiger partial charge in [0.2, 0.25) is 0 Å². The molecule has 0 atom stereocenters. The van der Waals surface area contributed by atoms with Crippen LogP contribution in [0.4, 0.5) is 0 Å². The molecule has 1 rings (SSSR count). The molecule has 0 aliphatic heterocycles. The first-order chi connectivity index (χ1) is 6.69. The zero-order valence-electron chi connectivity index (χ0n) is 7.95. The van der Waals surface area contributed by atoms with Crippen molar-refractivity contribution >= 4 is 6.29 Å². The van der Waals surface area contributed by atoms with Crippen molar-refractivity contribution in [1.29, 1.82) is 0 Å². The zero-order valence-corrected chi connectivity index (χ0v) is 7.95.